The van der Waals surface area contributed by atoms with Crippen molar-refractivity contribution in [3.63, 3.8) is 0 Å². The third-order valence-corrected chi connectivity index (χ3v) is 2.11. The molecular weight excluding hydrogens is 206 g/mol. The van der Waals surface area contributed by atoms with Gasteiger partial charge in [0.25, 0.3) is 0 Å². The first-order valence-electron chi connectivity index (χ1n) is 5.13. The van der Waals surface area contributed by atoms with Crippen LogP contribution in [0.25, 0.3) is 0 Å². The zero-order chi connectivity index (χ0) is 12.0. The van der Waals surface area contributed by atoms with Gasteiger partial charge in [0.05, 0.1) is 11.3 Å². The Hall–Kier alpha value is -1.46. The van der Waals surface area contributed by atoms with Crippen LogP contribution in [0.3, 0.4) is 0 Å². The summed E-state index contributed by atoms with van der Waals surface area (Å²) in [5.74, 6) is -0.919. The molecule has 0 aliphatic heterocycles. The number of pyridine rings is 1. The molecule has 0 bridgehead atoms. The van der Waals surface area contributed by atoms with E-state index < -0.39 is 5.97 Å². The standard InChI is InChI=1S/C11H17N3O2/c1-14(2)6-5-12-8-10-7-9(11(15)16)3-4-13-10/h3-4,7,12H,5-6,8H2,1-2H3,(H,15,16). The van der Waals surface area contributed by atoms with Gasteiger partial charge in [0.15, 0.2) is 0 Å². The van der Waals surface area contributed by atoms with E-state index in [9.17, 15) is 4.79 Å². The summed E-state index contributed by atoms with van der Waals surface area (Å²) in [6.45, 7) is 2.39. The lowest BCUT2D eigenvalue weighted by Crippen LogP contribution is -2.26. The lowest BCUT2D eigenvalue weighted by molar-refractivity contribution is 0.0696. The summed E-state index contributed by atoms with van der Waals surface area (Å²) in [5, 5.41) is 12.0. The third-order valence-electron chi connectivity index (χ3n) is 2.11. The van der Waals surface area contributed by atoms with Gasteiger partial charge in [-0.2, -0.15) is 0 Å². The van der Waals surface area contributed by atoms with Crippen molar-refractivity contribution in [3.05, 3.63) is 29.6 Å². The Balaban J connectivity index is 2.42. The SMILES string of the molecule is CN(C)CCNCc1cc(C(=O)O)ccn1. The van der Waals surface area contributed by atoms with Crippen molar-refractivity contribution in [2.45, 2.75) is 6.54 Å². The average Bonchev–Trinajstić information content (AvgIpc) is 2.24. The second-order valence-electron chi connectivity index (χ2n) is 3.82. The number of hydrogen-bond acceptors (Lipinski definition) is 4. The first-order chi connectivity index (χ1) is 7.59. The lowest BCUT2D eigenvalue weighted by Gasteiger charge is -2.10. The zero-order valence-electron chi connectivity index (χ0n) is 9.60. The average molecular weight is 223 g/mol. The Morgan fingerprint density at radius 3 is 2.94 bits per heavy atom. The molecule has 0 spiro atoms. The predicted octanol–water partition coefficient (Wildman–Crippen LogP) is 0.431. The molecule has 5 heteroatoms. The summed E-state index contributed by atoms with van der Waals surface area (Å²) < 4.78 is 0. The van der Waals surface area contributed by atoms with E-state index in [1.165, 1.54) is 12.3 Å². The fourth-order valence-electron chi connectivity index (χ4n) is 1.23. The molecule has 5 nitrogen and oxygen atoms in total. The summed E-state index contributed by atoms with van der Waals surface area (Å²) in [6.07, 6.45) is 1.52. The van der Waals surface area contributed by atoms with Crippen molar-refractivity contribution in [2.24, 2.45) is 0 Å². The number of hydrogen-bond donors (Lipinski definition) is 2. The summed E-state index contributed by atoms with van der Waals surface area (Å²) >= 11 is 0. The monoisotopic (exact) mass is 223 g/mol. The van der Waals surface area contributed by atoms with Gasteiger partial charge in [-0.3, -0.25) is 4.98 Å². The van der Waals surface area contributed by atoms with Gasteiger partial charge in [0.2, 0.25) is 0 Å². The Morgan fingerprint density at radius 2 is 2.31 bits per heavy atom. The fraction of sp³-hybridized carbons (Fsp3) is 0.455. The molecule has 16 heavy (non-hydrogen) atoms. The highest BCUT2D eigenvalue weighted by Crippen LogP contribution is 2.01. The van der Waals surface area contributed by atoms with Gasteiger partial charge in [-0.25, -0.2) is 4.79 Å². The van der Waals surface area contributed by atoms with Gasteiger partial charge >= 0.3 is 5.97 Å². The van der Waals surface area contributed by atoms with Crippen LogP contribution in [0.15, 0.2) is 18.3 Å². The van der Waals surface area contributed by atoms with Crippen LogP contribution < -0.4 is 5.32 Å². The van der Waals surface area contributed by atoms with E-state index >= 15 is 0 Å². The molecule has 2 N–H and O–H groups in total. The van der Waals surface area contributed by atoms with Crippen LogP contribution in [-0.4, -0.2) is 48.1 Å². The van der Waals surface area contributed by atoms with E-state index in [0.717, 1.165) is 18.8 Å². The first kappa shape index (κ1) is 12.6. The van der Waals surface area contributed by atoms with Crippen LogP contribution >= 0.6 is 0 Å². The number of rotatable bonds is 6. The Morgan fingerprint density at radius 1 is 1.56 bits per heavy atom. The molecule has 1 aromatic rings. The van der Waals surface area contributed by atoms with Gasteiger partial charge in [-0.15, -0.1) is 0 Å². The summed E-state index contributed by atoms with van der Waals surface area (Å²) in [6, 6.07) is 3.08. The molecular formula is C11H17N3O2. The molecule has 88 valence electrons. The largest absolute Gasteiger partial charge is 0.478 e. The maximum absolute atomic E-state index is 10.7. The highest BCUT2D eigenvalue weighted by molar-refractivity contribution is 5.87. The number of aromatic nitrogens is 1. The number of likely N-dealkylation sites (N-methyl/N-ethyl adjacent to an activating group) is 1. The Bertz CT molecular complexity index is 353. The zero-order valence-corrected chi connectivity index (χ0v) is 9.60. The molecule has 0 saturated heterocycles. The highest BCUT2D eigenvalue weighted by Gasteiger charge is 2.03. The van der Waals surface area contributed by atoms with E-state index in [1.54, 1.807) is 6.07 Å². The molecule has 0 aliphatic carbocycles. The minimum absolute atomic E-state index is 0.277. The minimum atomic E-state index is -0.919. The van der Waals surface area contributed by atoms with Crippen molar-refractivity contribution in [1.29, 1.82) is 0 Å². The molecule has 1 heterocycles. The number of nitrogens with zero attached hydrogens (tertiary/aromatic N) is 2. The highest BCUT2D eigenvalue weighted by atomic mass is 16.4. The van der Waals surface area contributed by atoms with E-state index in [-0.39, 0.29) is 5.56 Å². The van der Waals surface area contributed by atoms with E-state index in [0.29, 0.717) is 6.54 Å². The molecule has 1 aromatic heterocycles. The number of carboxylic acids is 1. The quantitative estimate of drug-likeness (QED) is 0.685. The molecule has 0 amide bonds. The van der Waals surface area contributed by atoms with Crippen LogP contribution in [0.4, 0.5) is 0 Å². The molecule has 1 rings (SSSR count). The van der Waals surface area contributed by atoms with E-state index in [1.807, 2.05) is 14.1 Å². The smallest absolute Gasteiger partial charge is 0.335 e. The van der Waals surface area contributed by atoms with Crippen molar-refractivity contribution in [3.8, 4) is 0 Å². The van der Waals surface area contributed by atoms with E-state index in [2.05, 4.69) is 15.2 Å². The van der Waals surface area contributed by atoms with Crippen LogP contribution in [-0.2, 0) is 6.54 Å². The maximum Gasteiger partial charge on any atom is 0.335 e. The Labute approximate surface area is 95.1 Å². The fourth-order valence-corrected chi connectivity index (χ4v) is 1.23. The van der Waals surface area contributed by atoms with Gasteiger partial charge in [0, 0.05) is 25.8 Å². The summed E-state index contributed by atoms with van der Waals surface area (Å²) in [7, 11) is 4.01. The molecule has 0 fully saturated rings. The predicted molar refractivity (Wildman–Crippen MR) is 61.5 cm³/mol. The number of carbonyl (C=O) groups is 1. The molecule has 0 radical (unpaired) electrons. The summed E-state index contributed by atoms with van der Waals surface area (Å²) in [5.41, 5.74) is 1.03. The van der Waals surface area contributed by atoms with Gasteiger partial charge in [-0.05, 0) is 26.2 Å². The third kappa shape index (κ3) is 4.37. The number of nitrogens with one attached hydrogen (secondary N) is 1. The van der Waals surface area contributed by atoms with Crippen LogP contribution in [0.5, 0.6) is 0 Å². The molecule has 0 aliphatic rings. The topological polar surface area (TPSA) is 65.5 Å². The normalized spacial score (nSPS) is 10.7. The first-order valence-corrected chi connectivity index (χ1v) is 5.13. The van der Waals surface area contributed by atoms with Crippen LogP contribution in [0.2, 0.25) is 0 Å². The molecule has 0 atom stereocenters. The summed E-state index contributed by atoms with van der Waals surface area (Å²) in [4.78, 5) is 16.9. The maximum atomic E-state index is 10.7. The van der Waals surface area contributed by atoms with Gasteiger partial charge < -0.3 is 15.3 Å². The second-order valence-corrected chi connectivity index (χ2v) is 3.82. The van der Waals surface area contributed by atoms with Crippen LogP contribution in [0, 0.1) is 0 Å². The van der Waals surface area contributed by atoms with Crippen molar-refractivity contribution < 1.29 is 9.90 Å². The molecule has 0 aromatic carbocycles. The van der Waals surface area contributed by atoms with Crippen molar-refractivity contribution >= 4 is 5.97 Å². The Kier molecular flexibility index (Phi) is 4.88. The number of aromatic carboxylic acids is 1. The van der Waals surface area contributed by atoms with Gasteiger partial charge in [-0.1, -0.05) is 0 Å². The van der Waals surface area contributed by atoms with Crippen molar-refractivity contribution in [2.75, 3.05) is 27.2 Å². The van der Waals surface area contributed by atoms with Crippen LogP contribution in [0.1, 0.15) is 16.1 Å². The van der Waals surface area contributed by atoms with Gasteiger partial charge in [0.1, 0.15) is 0 Å². The van der Waals surface area contributed by atoms with E-state index in [4.69, 9.17) is 5.11 Å². The minimum Gasteiger partial charge on any atom is -0.478 e. The second kappa shape index (κ2) is 6.19. The number of carboxylic acid groups (broad SMARTS) is 1. The lowest BCUT2D eigenvalue weighted by atomic mass is 10.2. The molecule has 0 saturated carbocycles. The van der Waals surface area contributed by atoms with Crippen molar-refractivity contribution in [1.82, 2.24) is 15.2 Å². The molecule has 0 unspecified atom stereocenters.